The molecule has 2 aromatic carbocycles. The third-order valence-corrected chi connectivity index (χ3v) is 8.08. The molecule has 4 aromatic rings. The van der Waals surface area contributed by atoms with E-state index in [0.717, 1.165) is 47.2 Å². The van der Waals surface area contributed by atoms with E-state index in [9.17, 15) is 9.59 Å². The summed E-state index contributed by atoms with van der Waals surface area (Å²) in [5, 5.41) is 0.694. The van der Waals surface area contributed by atoms with Crippen molar-refractivity contribution >= 4 is 27.5 Å². The van der Waals surface area contributed by atoms with Gasteiger partial charge in [-0.05, 0) is 48.3 Å². The number of hydrogen-bond donors (Lipinski definition) is 1. The summed E-state index contributed by atoms with van der Waals surface area (Å²) in [5.74, 6) is 0.881. The Bertz CT molecular complexity index is 1350. The van der Waals surface area contributed by atoms with Crippen LogP contribution >= 0.6 is 11.3 Å². The van der Waals surface area contributed by atoms with Gasteiger partial charge in [-0.15, -0.1) is 11.3 Å². The highest BCUT2D eigenvalue weighted by molar-refractivity contribution is 7.18. The van der Waals surface area contributed by atoms with Crippen molar-refractivity contribution in [2.24, 2.45) is 5.92 Å². The fraction of sp³-hybridized carbons (Fsp3) is 0.345. The van der Waals surface area contributed by atoms with E-state index < -0.39 is 0 Å². The van der Waals surface area contributed by atoms with Gasteiger partial charge in [0, 0.05) is 23.6 Å². The van der Waals surface area contributed by atoms with E-state index in [0.29, 0.717) is 23.5 Å². The van der Waals surface area contributed by atoms with Gasteiger partial charge in [-0.2, -0.15) is 0 Å². The van der Waals surface area contributed by atoms with E-state index in [1.54, 1.807) is 11.3 Å². The lowest BCUT2D eigenvalue weighted by molar-refractivity contribution is -0.117. The van der Waals surface area contributed by atoms with Gasteiger partial charge < -0.3 is 0 Å². The van der Waals surface area contributed by atoms with Crippen molar-refractivity contribution in [2.45, 2.75) is 58.3 Å². The molecular formula is C29H31N3O2S. The number of nitrogens with one attached hydrogen (secondary N) is 1. The van der Waals surface area contributed by atoms with Gasteiger partial charge in [0.15, 0.2) is 0 Å². The van der Waals surface area contributed by atoms with Crippen LogP contribution in [0.1, 0.15) is 66.4 Å². The Hall–Kier alpha value is -3.25. The normalized spacial score (nSPS) is 15.3. The first-order chi connectivity index (χ1) is 17.0. The van der Waals surface area contributed by atoms with Gasteiger partial charge in [0.1, 0.15) is 10.7 Å². The van der Waals surface area contributed by atoms with Gasteiger partial charge in [-0.1, -0.05) is 74.5 Å². The molecule has 2 aromatic heterocycles. The SMILES string of the molecule is CCCc1nc2sc3c(c2c(=O)n1NC(=O)CC(c1ccccc1)c1ccccc1)C[C@@H](C)CC3. The molecule has 180 valence electrons. The minimum atomic E-state index is -0.194. The molecule has 35 heavy (non-hydrogen) atoms. The molecule has 5 nitrogen and oxygen atoms in total. The zero-order chi connectivity index (χ0) is 24.4. The first kappa shape index (κ1) is 23.5. The lowest BCUT2D eigenvalue weighted by Gasteiger charge is -2.20. The number of carbonyl (C=O) groups is 1. The summed E-state index contributed by atoms with van der Waals surface area (Å²) in [5.41, 5.74) is 6.08. The summed E-state index contributed by atoms with van der Waals surface area (Å²) < 4.78 is 1.42. The highest BCUT2D eigenvalue weighted by Crippen LogP contribution is 2.36. The van der Waals surface area contributed by atoms with Crippen molar-refractivity contribution in [2.75, 3.05) is 5.43 Å². The molecule has 0 bridgehead atoms. The maximum atomic E-state index is 13.7. The topological polar surface area (TPSA) is 64.0 Å². The van der Waals surface area contributed by atoms with Crippen LogP contribution in [-0.4, -0.2) is 15.6 Å². The smallest absolute Gasteiger partial charge is 0.273 e. The maximum Gasteiger partial charge on any atom is 0.281 e. The molecule has 2 heterocycles. The van der Waals surface area contributed by atoms with Gasteiger partial charge in [-0.3, -0.25) is 15.0 Å². The summed E-state index contributed by atoms with van der Waals surface area (Å²) >= 11 is 1.65. The van der Waals surface area contributed by atoms with Crippen molar-refractivity contribution < 1.29 is 4.79 Å². The molecular weight excluding hydrogens is 454 g/mol. The number of benzene rings is 2. The van der Waals surface area contributed by atoms with Gasteiger partial charge in [0.05, 0.1) is 5.39 Å². The minimum Gasteiger partial charge on any atom is -0.273 e. The first-order valence-electron chi connectivity index (χ1n) is 12.5. The van der Waals surface area contributed by atoms with Gasteiger partial charge in [-0.25, -0.2) is 9.66 Å². The quantitative estimate of drug-likeness (QED) is 0.358. The summed E-state index contributed by atoms with van der Waals surface area (Å²) in [4.78, 5) is 34.1. The second kappa shape index (κ2) is 10.2. The summed E-state index contributed by atoms with van der Waals surface area (Å²) in [7, 11) is 0. The van der Waals surface area contributed by atoms with Crippen molar-refractivity contribution in [1.29, 1.82) is 0 Å². The van der Waals surface area contributed by atoms with Crippen LogP contribution in [0.5, 0.6) is 0 Å². The average Bonchev–Trinajstić information content (AvgIpc) is 3.23. The Morgan fingerprint density at radius 3 is 2.40 bits per heavy atom. The fourth-order valence-corrected chi connectivity index (χ4v) is 6.33. The standard InChI is InChI=1S/C29H31N3O2S/c1-3-10-25-30-28-27(23-17-19(2)15-16-24(23)35-28)29(34)32(25)31-26(33)18-22(20-11-6-4-7-12-20)21-13-8-5-9-14-21/h4-9,11-14,19,22H,3,10,15-18H2,1-2H3,(H,31,33)/t19-/m0/s1. The first-order valence-corrected chi connectivity index (χ1v) is 13.3. The van der Waals surface area contributed by atoms with Gasteiger partial charge in [0.25, 0.3) is 5.56 Å². The number of rotatable bonds is 7. The molecule has 0 aliphatic heterocycles. The minimum absolute atomic E-state index is 0.103. The Balaban J connectivity index is 1.51. The number of carbonyl (C=O) groups excluding carboxylic acids is 1. The maximum absolute atomic E-state index is 13.7. The van der Waals surface area contributed by atoms with Gasteiger partial charge >= 0.3 is 0 Å². The van der Waals surface area contributed by atoms with E-state index in [4.69, 9.17) is 4.98 Å². The third kappa shape index (κ3) is 4.80. The predicted molar refractivity (Wildman–Crippen MR) is 143 cm³/mol. The molecule has 0 spiro atoms. The van der Waals surface area contributed by atoms with E-state index in [-0.39, 0.29) is 23.8 Å². The number of aromatic nitrogens is 2. The number of aryl methyl sites for hydroxylation is 2. The molecule has 6 heteroatoms. The number of hydrogen-bond acceptors (Lipinski definition) is 4. The summed E-state index contributed by atoms with van der Waals surface area (Å²) in [6, 6.07) is 20.1. The van der Waals surface area contributed by atoms with E-state index in [2.05, 4.69) is 19.3 Å². The largest absolute Gasteiger partial charge is 0.281 e. The molecule has 5 rings (SSSR count). The monoisotopic (exact) mass is 485 g/mol. The summed E-state index contributed by atoms with van der Waals surface area (Å²) in [6.45, 7) is 4.30. The molecule has 0 radical (unpaired) electrons. The molecule has 1 N–H and O–H groups in total. The van der Waals surface area contributed by atoms with Crippen LogP contribution in [-0.2, 0) is 24.1 Å². The Morgan fingerprint density at radius 1 is 1.11 bits per heavy atom. The van der Waals surface area contributed by atoms with Crippen molar-refractivity contribution in [3.05, 3.63) is 98.4 Å². The zero-order valence-corrected chi connectivity index (χ0v) is 21.1. The molecule has 0 fully saturated rings. The molecule has 0 saturated heterocycles. The van der Waals surface area contributed by atoms with Crippen molar-refractivity contribution in [1.82, 2.24) is 9.66 Å². The average molecular weight is 486 g/mol. The van der Waals surface area contributed by atoms with Crippen molar-refractivity contribution in [3.63, 3.8) is 0 Å². The van der Waals surface area contributed by atoms with Crippen LogP contribution in [0.3, 0.4) is 0 Å². The van der Waals surface area contributed by atoms with Crippen LogP contribution in [0.15, 0.2) is 65.5 Å². The van der Waals surface area contributed by atoms with Gasteiger partial charge in [0.2, 0.25) is 5.91 Å². The lowest BCUT2D eigenvalue weighted by atomic mass is 9.88. The van der Waals surface area contributed by atoms with Crippen molar-refractivity contribution in [3.8, 4) is 0 Å². The zero-order valence-electron chi connectivity index (χ0n) is 20.3. The Labute approximate surface area is 209 Å². The second-order valence-corrected chi connectivity index (χ2v) is 10.6. The fourth-order valence-electron chi connectivity index (χ4n) is 5.10. The highest BCUT2D eigenvalue weighted by atomic mass is 32.1. The van der Waals surface area contributed by atoms with Crippen LogP contribution in [0, 0.1) is 5.92 Å². The van der Waals surface area contributed by atoms with Crippen LogP contribution in [0.2, 0.25) is 0 Å². The lowest BCUT2D eigenvalue weighted by Crippen LogP contribution is -2.37. The number of amides is 1. The molecule has 0 unspecified atom stereocenters. The van der Waals surface area contributed by atoms with E-state index in [1.807, 2.05) is 60.7 Å². The molecule has 1 amide bonds. The van der Waals surface area contributed by atoms with Crippen LogP contribution < -0.4 is 11.0 Å². The van der Waals surface area contributed by atoms with E-state index >= 15 is 0 Å². The summed E-state index contributed by atoms with van der Waals surface area (Å²) in [6.07, 6.45) is 4.76. The Morgan fingerprint density at radius 2 is 1.77 bits per heavy atom. The number of nitrogens with zero attached hydrogens (tertiary/aromatic N) is 2. The number of fused-ring (bicyclic) bond motifs is 3. The van der Waals surface area contributed by atoms with Crippen LogP contribution in [0.4, 0.5) is 0 Å². The predicted octanol–water partition coefficient (Wildman–Crippen LogP) is 5.83. The second-order valence-electron chi connectivity index (χ2n) is 9.56. The molecule has 0 saturated carbocycles. The van der Waals surface area contributed by atoms with E-state index in [1.165, 1.54) is 9.55 Å². The highest BCUT2D eigenvalue weighted by Gasteiger charge is 2.26. The van der Waals surface area contributed by atoms with Crippen LogP contribution in [0.25, 0.3) is 10.2 Å². The molecule has 1 aliphatic rings. The molecule has 1 atom stereocenters. The molecule has 1 aliphatic carbocycles. The third-order valence-electron chi connectivity index (χ3n) is 6.90. The Kier molecular flexibility index (Phi) is 6.82. The number of thiophene rings is 1.